The Kier molecular flexibility index (Phi) is 20.8. The minimum Gasteiger partial charge on any atom is 0 e. The minimum atomic E-state index is 0. The summed E-state index contributed by atoms with van der Waals surface area (Å²) >= 11 is 0.497. The molecule has 10 aromatic rings. The number of pyridine rings is 2. The third-order valence-electron chi connectivity index (χ3n) is 18.0. The van der Waals surface area contributed by atoms with E-state index in [1.54, 1.807) is 9.82 Å². The number of aliphatic hydroxyl groups is 1. The Labute approximate surface area is 535 Å². The van der Waals surface area contributed by atoms with Crippen LogP contribution >= 0.6 is 0 Å². The molecule has 1 N–H and O–H groups in total. The van der Waals surface area contributed by atoms with E-state index >= 15 is 0 Å². The largest absolute Gasteiger partial charge is 0 e. The van der Waals surface area contributed by atoms with E-state index in [-0.39, 0.29) is 88.7 Å². The average molecular weight is 1440 g/mol. The summed E-state index contributed by atoms with van der Waals surface area (Å²) in [6.45, 7) is 38.4. The maximum absolute atomic E-state index is 11.7. The Morgan fingerprint density at radius 1 is 0.600 bits per heavy atom. The molecule has 0 atom stereocenters. The van der Waals surface area contributed by atoms with E-state index in [1.807, 2.05) is 40.1 Å². The topological polar surface area (TPSA) is 63.1 Å². The molecule has 4 heterocycles. The van der Waals surface area contributed by atoms with Crippen LogP contribution in [0.25, 0.3) is 82.6 Å². The van der Waals surface area contributed by atoms with Crippen LogP contribution in [0.1, 0.15) is 195 Å². The zero-order chi connectivity index (χ0) is 60.6. The molecule has 1 aliphatic rings. The first kappa shape index (κ1) is 66.0. The number of aliphatic hydroxyl groups excluding tert-OH is 1. The normalized spacial score (nSPS) is 14.3. The molecule has 7 heteroatoms. The van der Waals surface area contributed by atoms with Crippen LogP contribution in [0.3, 0.4) is 0 Å². The molecule has 0 amide bonds. The van der Waals surface area contributed by atoms with Gasteiger partial charge >= 0.3 is 426 Å². The minimum absolute atomic E-state index is 0. The molecule has 1 fully saturated rings. The van der Waals surface area contributed by atoms with Gasteiger partial charge in [0.15, 0.2) is 5.78 Å². The molecule has 1 aliphatic carbocycles. The van der Waals surface area contributed by atoms with Crippen molar-refractivity contribution in [3.63, 3.8) is 0 Å². The smallest absolute Gasteiger partial charge is 0 e. The molecule has 85 heavy (non-hydrogen) atoms. The first-order valence-corrected chi connectivity index (χ1v) is 34.6. The van der Waals surface area contributed by atoms with Gasteiger partial charge in [0.05, 0.1) is 5.76 Å². The standard InChI is InChI=1S/C34H36NSe.C31H32NSe.C13H24O2.Ir/c1-21-25(22-13-16-34(5,6)17-14-22)11-12-27-28-15-18-35-30(32(28)36-31(21)27)24-19-23-9-7-8-10-26(23)29(20-24)33(2,3)4;1-19-21(18-30(2,3)4)12-13-24-25-14-15-32-27(29(25)33-28(19)24)22-16-20-10-8-9-11-23(20)26(17-22)31(5,6)7;1-5-10(6-2)12(14)9-13(15)11(7-3)8-4;/h7-12,15,18,20,22H,13-14,16-17H2,1-6H3;8-15,17H,18H2,1-7H3;9-11,14H,5-8H2,1-4H3;/q2*-1;;/b;;12-9-;. The summed E-state index contributed by atoms with van der Waals surface area (Å²) in [4.78, 5) is 21.6. The summed E-state index contributed by atoms with van der Waals surface area (Å²) in [6, 6.07) is 43.5. The van der Waals surface area contributed by atoms with Gasteiger partial charge in [0, 0.05) is 38.0 Å². The van der Waals surface area contributed by atoms with Crippen molar-refractivity contribution in [1.82, 2.24) is 9.97 Å². The fraction of sp³-hybridized carbons (Fsp3) is 0.423. The number of allylic oxidation sites excluding steroid dienone is 2. The van der Waals surface area contributed by atoms with Crippen LogP contribution in [0.2, 0.25) is 0 Å². The van der Waals surface area contributed by atoms with Crippen LogP contribution < -0.4 is 0 Å². The second kappa shape index (κ2) is 26.8. The molecule has 449 valence electrons. The summed E-state index contributed by atoms with van der Waals surface area (Å²) in [6.07, 6.45) is 15.3. The molecule has 0 unspecified atom stereocenters. The van der Waals surface area contributed by atoms with Gasteiger partial charge in [0.2, 0.25) is 0 Å². The Balaban J connectivity index is 0.000000179. The molecular formula is C78H92IrN2O2Se2-2. The van der Waals surface area contributed by atoms with Crippen LogP contribution in [0.15, 0.2) is 121 Å². The van der Waals surface area contributed by atoms with Crippen molar-refractivity contribution in [3.8, 4) is 22.5 Å². The Bertz CT molecular complexity index is 4040. The van der Waals surface area contributed by atoms with Crippen molar-refractivity contribution >= 4 is 94.9 Å². The van der Waals surface area contributed by atoms with Crippen molar-refractivity contribution in [2.45, 2.75) is 192 Å². The fourth-order valence-electron chi connectivity index (χ4n) is 12.9. The predicted octanol–water partition coefficient (Wildman–Crippen LogP) is 21.5. The van der Waals surface area contributed by atoms with Crippen LogP contribution in [-0.4, -0.2) is 49.9 Å². The van der Waals surface area contributed by atoms with Crippen LogP contribution in [0.5, 0.6) is 0 Å². The number of hydrogen-bond donors (Lipinski definition) is 1. The number of nitrogens with zero attached hydrogens (tertiary/aromatic N) is 2. The van der Waals surface area contributed by atoms with Gasteiger partial charge in [-0.25, -0.2) is 0 Å². The summed E-state index contributed by atoms with van der Waals surface area (Å²) in [5.74, 6) is 1.26. The van der Waals surface area contributed by atoms with Crippen LogP contribution in [-0.2, 0) is 42.2 Å². The van der Waals surface area contributed by atoms with Gasteiger partial charge in [-0.3, -0.25) is 4.79 Å². The Hall–Kier alpha value is -4.96. The van der Waals surface area contributed by atoms with Crippen molar-refractivity contribution in [2.75, 3.05) is 0 Å². The molecule has 0 saturated heterocycles. The second-order valence-corrected chi connectivity index (χ2v) is 32.4. The first-order chi connectivity index (χ1) is 39.7. The zero-order valence-electron chi connectivity index (χ0n) is 54.0. The number of rotatable bonds is 11. The van der Waals surface area contributed by atoms with Crippen molar-refractivity contribution in [1.29, 1.82) is 0 Å². The van der Waals surface area contributed by atoms with Gasteiger partial charge in [0.1, 0.15) is 0 Å². The monoisotopic (exact) mass is 1440 g/mol. The molecular weight excluding hydrogens is 1350 g/mol. The summed E-state index contributed by atoms with van der Waals surface area (Å²) in [5.41, 5.74) is 14.2. The third-order valence-corrected chi connectivity index (χ3v) is 23.7. The van der Waals surface area contributed by atoms with Crippen molar-refractivity contribution in [3.05, 3.63) is 167 Å². The Morgan fingerprint density at radius 3 is 1.48 bits per heavy atom. The van der Waals surface area contributed by atoms with Gasteiger partial charge in [-0.05, 0) is 25.7 Å². The number of hydrogen-bond acceptors (Lipinski definition) is 4. The van der Waals surface area contributed by atoms with Gasteiger partial charge in [-0.15, -0.1) is 0 Å². The molecule has 0 bridgehead atoms. The van der Waals surface area contributed by atoms with E-state index in [9.17, 15) is 9.90 Å². The van der Waals surface area contributed by atoms with Gasteiger partial charge < -0.3 is 5.11 Å². The van der Waals surface area contributed by atoms with E-state index in [0.29, 0.717) is 11.3 Å². The summed E-state index contributed by atoms with van der Waals surface area (Å²) < 4.78 is 5.94. The molecule has 6 aromatic carbocycles. The number of ketones is 1. The maximum atomic E-state index is 11.7. The summed E-state index contributed by atoms with van der Waals surface area (Å²) in [5, 5.41) is 20.3. The fourth-order valence-corrected chi connectivity index (χ4v) is 18.4. The SMILES string of the molecule is CCC(CC)C(=O)/C=C(\O)C(CC)CC.Cc1c(C2CCC(C)(C)CC2)ccc2c1[se]c1c(-c3[c-]c4ccccc4c(C(C)(C)C)c3)nccc12.Cc1c(CC(C)(C)C)ccc2c1[se]c1c(-c3[c-]c4ccccc4c(C(C)(C)C)c3)nccc12.[Ir]. The number of carbonyl (C=O) groups is 1. The number of fused-ring (bicyclic) bond motifs is 8. The van der Waals surface area contributed by atoms with Crippen molar-refractivity contribution in [2.24, 2.45) is 22.7 Å². The quantitative estimate of drug-likeness (QED) is 0.0607. The van der Waals surface area contributed by atoms with Crippen LogP contribution in [0, 0.1) is 48.6 Å². The predicted molar refractivity (Wildman–Crippen MR) is 365 cm³/mol. The van der Waals surface area contributed by atoms with Crippen molar-refractivity contribution < 1.29 is 30.0 Å². The molecule has 1 radical (unpaired) electrons. The van der Waals surface area contributed by atoms with Gasteiger partial charge in [-0.1, -0.05) is 27.7 Å². The average Bonchev–Trinajstić information content (AvgIpc) is 2.00. The number of carbonyl (C=O) groups excluding carboxylic acids is 1. The van der Waals surface area contributed by atoms with Crippen LogP contribution in [0.4, 0.5) is 0 Å². The number of aromatic nitrogens is 2. The molecule has 0 aliphatic heterocycles. The molecule has 11 rings (SSSR count). The molecule has 0 spiro atoms. The van der Waals surface area contributed by atoms with Gasteiger partial charge in [-0.2, -0.15) is 0 Å². The number of aryl methyl sites for hydroxylation is 2. The number of benzene rings is 6. The van der Waals surface area contributed by atoms with E-state index in [4.69, 9.17) is 9.97 Å². The van der Waals surface area contributed by atoms with E-state index in [0.717, 1.165) is 54.6 Å². The maximum Gasteiger partial charge on any atom is 0 e. The van der Waals surface area contributed by atoms with E-state index in [2.05, 4.69) is 199 Å². The van der Waals surface area contributed by atoms with Gasteiger partial charge in [0.25, 0.3) is 0 Å². The van der Waals surface area contributed by atoms with E-state index in [1.165, 1.54) is 115 Å². The zero-order valence-corrected chi connectivity index (χ0v) is 59.8. The first-order valence-electron chi connectivity index (χ1n) is 31.2. The molecule has 4 aromatic heterocycles. The molecule has 1 saturated carbocycles. The third kappa shape index (κ3) is 14.5. The molecule has 4 nitrogen and oxygen atoms in total. The second-order valence-electron chi connectivity index (χ2n) is 28.1. The summed E-state index contributed by atoms with van der Waals surface area (Å²) in [7, 11) is 0. The van der Waals surface area contributed by atoms with E-state index < -0.39 is 0 Å². The Morgan fingerprint density at radius 2 is 1.04 bits per heavy atom.